The van der Waals surface area contributed by atoms with Crippen LogP contribution in [0.5, 0.6) is 0 Å². The molecule has 112 valence electrons. The van der Waals surface area contributed by atoms with Crippen LogP contribution in [0.25, 0.3) is 5.57 Å². The number of halogens is 1. The molecule has 1 saturated heterocycles. The van der Waals surface area contributed by atoms with Crippen LogP contribution in [0.3, 0.4) is 0 Å². The summed E-state index contributed by atoms with van der Waals surface area (Å²) >= 11 is 0. The van der Waals surface area contributed by atoms with E-state index in [0.29, 0.717) is 13.1 Å². The summed E-state index contributed by atoms with van der Waals surface area (Å²) in [6.07, 6.45) is 3.04. The van der Waals surface area contributed by atoms with Gasteiger partial charge in [-0.2, -0.15) is 0 Å². The molecule has 2 rings (SSSR count). The van der Waals surface area contributed by atoms with Gasteiger partial charge in [0.25, 0.3) is 0 Å². The molecule has 0 radical (unpaired) electrons. The van der Waals surface area contributed by atoms with Gasteiger partial charge in [0.2, 0.25) is 11.8 Å². The molecule has 4 nitrogen and oxygen atoms in total. The molecule has 1 aliphatic rings. The van der Waals surface area contributed by atoms with E-state index in [1.165, 1.54) is 18.2 Å². The quantitative estimate of drug-likeness (QED) is 0.865. The fourth-order valence-electron chi connectivity index (χ4n) is 2.48. The van der Waals surface area contributed by atoms with Crippen LogP contribution in [0, 0.1) is 11.7 Å². The Labute approximate surface area is 123 Å². The van der Waals surface area contributed by atoms with Gasteiger partial charge in [0.1, 0.15) is 5.82 Å². The lowest BCUT2D eigenvalue weighted by Gasteiger charge is -2.30. The summed E-state index contributed by atoms with van der Waals surface area (Å²) in [7, 11) is 0. The first-order chi connectivity index (χ1) is 9.97. The second kappa shape index (κ2) is 6.52. The van der Waals surface area contributed by atoms with Crippen LogP contribution in [0.1, 0.15) is 25.3 Å². The number of nitrogens with two attached hydrogens (primary N) is 1. The van der Waals surface area contributed by atoms with Crippen LogP contribution in [0.4, 0.5) is 4.39 Å². The molecule has 1 atom stereocenters. The van der Waals surface area contributed by atoms with Crippen LogP contribution in [-0.4, -0.2) is 29.8 Å². The Balaban J connectivity index is 2.07. The lowest BCUT2D eigenvalue weighted by atomic mass is 9.97. The van der Waals surface area contributed by atoms with Crippen molar-refractivity contribution in [2.75, 3.05) is 13.1 Å². The first kappa shape index (κ1) is 15.2. The highest BCUT2D eigenvalue weighted by molar-refractivity contribution is 5.95. The minimum Gasteiger partial charge on any atom is -0.369 e. The number of piperidine rings is 1. The van der Waals surface area contributed by atoms with E-state index >= 15 is 0 Å². The van der Waals surface area contributed by atoms with E-state index in [1.807, 2.05) is 0 Å². The van der Waals surface area contributed by atoms with E-state index in [2.05, 4.69) is 0 Å². The standard InChI is InChI=1S/C16H19FN2O2/c1-11(12-4-6-14(17)7-5-12)9-15(20)19-8-2-3-13(10-19)16(18)21/h4-7,9,13H,2-3,8,10H2,1H3,(H2,18,21). The lowest BCUT2D eigenvalue weighted by Crippen LogP contribution is -2.43. The van der Waals surface area contributed by atoms with E-state index < -0.39 is 0 Å². The summed E-state index contributed by atoms with van der Waals surface area (Å²) in [6.45, 7) is 2.82. The largest absolute Gasteiger partial charge is 0.369 e. The number of rotatable bonds is 3. The van der Waals surface area contributed by atoms with Gasteiger partial charge >= 0.3 is 0 Å². The van der Waals surface area contributed by atoms with Gasteiger partial charge < -0.3 is 10.6 Å². The van der Waals surface area contributed by atoms with Gasteiger partial charge in [0.05, 0.1) is 5.92 Å². The highest BCUT2D eigenvalue weighted by atomic mass is 19.1. The highest BCUT2D eigenvalue weighted by Crippen LogP contribution is 2.19. The van der Waals surface area contributed by atoms with Crippen molar-refractivity contribution >= 4 is 17.4 Å². The maximum atomic E-state index is 12.9. The summed E-state index contributed by atoms with van der Waals surface area (Å²) in [5, 5.41) is 0. The van der Waals surface area contributed by atoms with Crippen LogP contribution in [0.15, 0.2) is 30.3 Å². The Hall–Kier alpha value is -2.17. The SMILES string of the molecule is CC(=CC(=O)N1CCCC(C(N)=O)C1)c1ccc(F)cc1. The molecule has 1 aromatic rings. The average molecular weight is 290 g/mol. The van der Waals surface area contributed by atoms with E-state index in [-0.39, 0.29) is 23.5 Å². The van der Waals surface area contributed by atoms with Crippen LogP contribution >= 0.6 is 0 Å². The molecule has 0 aromatic heterocycles. The molecular formula is C16H19FN2O2. The summed E-state index contributed by atoms with van der Waals surface area (Å²) < 4.78 is 12.9. The van der Waals surface area contributed by atoms with Crippen molar-refractivity contribution in [2.24, 2.45) is 11.7 Å². The van der Waals surface area contributed by atoms with Crippen LogP contribution < -0.4 is 5.73 Å². The van der Waals surface area contributed by atoms with Gasteiger partial charge in [-0.05, 0) is 43.0 Å². The molecule has 2 N–H and O–H groups in total. The van der Waals surface area contributed by atoms with Gasteiger partial charge in [0, 0.05) is 19.2 Å². The molecule has 1 unspecified atom stereocenters. The minimum atomic E-state index is -0.355. The second-order valence-electron chi connectivity index (χ2n) is 5.36. The van der Waals surface area contributed by atoms with Crippen molar-refractivity contribution in [1.29, 1.82) is 0 Å². The van der Waals surface area contributed by atoms with Gasteiger partial charge in [0.15, 0.2) is 0 Å². The predicted octanol–water partition coefficient (Wildman–Crippen LogP) is 1.95. The number of likely N-dealkylation sites (tertiary alicyclic amines) is 1. The Kier molecular flexibility index (Phi) is 4.73. The molecule has 21 heavy (non-hydrogen) atoms. The monoisotopic (exact) mass is 290 g/mol. The molecule has 0 aliphatic carbocycles. The maximum Gasteiger partial charge on any atom is 0.246 e. The fourth-order valence-corrected chi connectivity index (χ4v) is 2.48. The smallest absolute Gasteiger partial charge is 0.246 e. The number of benzene rings is 1. The van der Waals surface area contributed by atoms with Crippen molar-refractivity contribution < 1.29 is 14.0 Å². The third-order valence-electron chi connectivity index (χ3n) is 3.77. The van der Waals surface area contributed by atoms with Crippen LogP contribution in [-0.2, 0) is 9.59 Å². The van der Waals surface area contributed by atoms with Crippen molar-refractivity contribution in [2.45, 2.75) is 19.8 Å². The molecule has 1 aliphatic heterocycles. The molecular weight excluding hydrogens is 271 g/mol. The second-order valence-corrected chi connectivity index (χ2v) is 5.36. The number of carbonyl (C=O) groups is 2. The van der Waals surface area contributed by atoms with Crippen molar-refractivity contribution in [3.63, 3.8) is 0 Å². The van der Waals surface area contributed by atoms with Gasteiger partial charge in [-0.15, -0.1) is 0 Å². The molecule has 1 heterocycles. The zero-order valence-electron chi connectivity index (χ0n) is 12.0. The third kappa shape index (κ3) is 3.90. The zero-order valence-corrected chi connectivity index (χ0v) is 12.0. The van der Waals surface area contributed by atoms with E-state index in [0.717, 1.165) is 24.0 Å². The zero-order chi connectivity index (χ0) is 15.4. The van der Waals surface area contributed by atoms with Gasteiger partial charge in [-0.25, -0.2) is 4.39 Å². The van der Waals surface area contributed by atoms with E-state index in [4.69, 9.17) is 5.73 Å². The Morgan fingerprint density at radius 1 is 1.33 bits per heavy atom. The Morgan fingerprint density at radius 2 is 2.00 bits per heavy atom. The molecule has 2 amide bonds. The summed E-state index contributed by atoms with van der Waals surface area (Å²) in [5.41, 5.74) is 6.87. The van der Waals surface area contributed by atoms with E-state index in [9.17, 15) is 14.0 Å². The summed E-state index contributed by atoms with van der Waals surface area (Å²) in [5.74, 6) is -1.06. The first-order valence-corrected chi connectivity index (χ1v) is 7.00. The summed E-state index contributed by atoms with van der Waals surface area (Å²) in [6, 6.07) is 6.00. The molecule has 0 spiro atoms. The minimum absolute atomic E-state index is 0.136. The number of nitrogens with zero attached hydrogens (tertiary/aromatic N) is 1. The molecule has 1 fully saturated rings. The number of primary amides is 1. The van der Waals surface area contributed by atoms with Crippen molar-refractivity contribution in [1.82, 2.24) is 4.90 Å². The Morgan fingerprint density at radius 3 is 2.62 bits per heavy atom. The normalized spacial score (nSPS) is 19.4. The topological polar surface area (TPSA) is 63.4 Å². The first-order valence-electron chi connectivity index (χ1n) is 7.00. The number of hydrogen-bond donors (Lipinski definition) is 1. The predicted molar refractivity (Wildman–Crippen MR) is 78.5 cm³/mol. The third-order valence-corrected chi connectivity index (χ3v) is 3.77. The molecule has 0 saturated carbocycles. The average Bonchev–Trinajstić information content (AvgIpc) is 2.48. The summed E-state index contributed by atoms with van der Waals surface area (Å²) in [4.78, 5) is 25.1. The number of hydrogen-bond acceptors (Lipinski definition) is 2. The maximum absolute atomic E-state index is 12.9. The Bertz CT molecular complexity index is 566. The lowest BCUT2D eigenvalue weighted by molar-refractivity contribution is -0.130. The van der Waals surface area contributed by atoms with Gasteiger partial charge in [-0.3, -0.25) is 9.59 Å². The van der Waals surface area contributed by atoms with Gasteiger partial charge in [-0.1, -0.05) is 12.1 Å². The number of amides is 2. The molecule has 0 bridgehead atoms. The molecule has 5 heteroatoms. The highest BCUT2D eigenvalue weighted by Gasteiger charge is 2.26. The number of carbonyl (C=O) groups excluding carboxylic acids is 2. The number of allylic oxidation sites excluding steroid dienone is 1. The van der Waals surface area contributed by atoms with Crippen LogP contribution in [0.2, 0.25) is 0 Å². The van der Waals surface area contributed by atoms with Crippen molar-refractivity contribution in [3.05, 3.63) is 41.7 Å². The van der Waals surface area contributed by atoms with E-state index in [1.54, 1.807) is 24.0 Å². The fraction of sp³-hybridized carbons (Fsp3) is 0.375. The molecule has 1 aromatic carbocycles. The van der Waals surface area contributed by atoms with Crippen molar-refractivity contribution in [3.8, 4) is 0 Å².